The van der Waals surface area contributed by atoms with E-state index in [0.717, 1.165) is 23.6 Å². The van der Waals surface area contributed by atoms with Gasteiger partial charge in [-0.1, -0.05) is 6.07 Å². The lowest BCUT2D eigenvalue weighted by Crippen LogP contribution is -2.19. The molecule has 0 amide bonds. The summed E-state index contributed by atoms with van der Waals surface area (Å²) < 4.78 is 0. The molecular formula is C12H14ClN3S. The largest absolute Gasteiger partial charge is 0.354 e. The smallest absolute Gasteiger partial charge is 0.132 e. The van der Waals surface area contributed by atoms with E-state index in [4.69, 9.17) is 11.6 Å². The van der Waals surface area contributed by atoms with Crippen LogP contribution in [0.15, 0.2) is 23.8 Å². The van der Waals surface area contributed by atoms with Crippen LogP contribution in [0.3, 0.4) is 0 Å². The zero-order valence-electron chi connectivity index (χ0n) is 9.85. The molecule has 0 saturated carbocycles. The first-order valence-corrected chi connectivity index (χ1v) is 6.73. The third kappa shape index (κ3) is 2.76. The molecule has 0 fully saturated rings. The van der Waals surface area contributed by atoms with Gasteiger partial charge in [0.1, 0.15) is 5.82 Å². The molecule has 0 aliphatic heterocycles. The molecule has 0 spiro atoms. The van der Waals surface area contributed by atoms with Crippen molar-refractivity contribution in [2.75, 3.05) is 11.9 Å². The van der Waals surface area contributed by atoms with Crippen LogP contribution in [-0.4, -0.2) is 17.0 Å². The van der Waals surface area contributed by atoms with Crippen molar-refractivity contribution < 1.29 is 0 Å². The average molecular weight is 268 g/mol. The topological polar surface area (TPSA) is 29.0 Å². The lowest BCUT2D eigenvalue weighted by molar-refractivity contribution is 0.892. The van der Waals surface area contributed by atoms with Gasteiger partial charge >= 0.3 is 0 Å². The van der Waals surface area contributed by atoms with Gasteiger partial charge < -0.3 is 4.90 Å². The summed E-state index contributed by atoms with van der Waals surface area (Å²) in [5.41, 5.74) is 4.02. The molecule has 0 atom stereocenters. The molecule has 0 bridgehead atoms. The third-order valence-corrected chi connectivity index (χ3v) is 3.81. The van der Waals surface area contributed by atoms with Crippen molar-refractivity contribution in [2.45, 2.75) is 19.3 Å². The molecule has 0 unspecified atom stereocenters. The molecule has 3 nitrogen and oxygen atoms in total. The Bertz CT molecular complexity index is 498. The van der Waals surface area contributed by atoms with Crippen LogP contribution in [-0.2, 0) is 12.4 Å². The summed E-state index contributed by atoms with van der Waals surface area (Å²) >= 11 is 7.59. The van der Waals surface area contributed by atoms with Crippen molar-refractivity contribution >= 4 is 28.8 Å². The number of rotatable bonds is 4. The Morgan fingerprint density at radius 2 is 2.24 bits per heavy atom. The highest BCUT2D eigenvalue weighted by Crippen LogP contribution is 2.22. The Balaban J connectivity index is 2.20. The molecule has 2 aromatic rings. The molecule has 5 heteroatoms. The highest BCUT2D eigenvalue weighted by atomic mass is 35.5. The molecule has 0 aromatic carbocycles. The first-order chi connectivity index (χ1) is 8.22. The van der Waals surface area contributed by atoms with Crippen LogP contribution in [0.5, 0.6) is 0 Å². The van der Waals surface area contributed by atoms with Crippen LogP contribution in [0.1, 0.15) is 16.1 Å². The summed E-state index contributed by atoms with van der Waals surface area (Å²) in [6.07, 6.45) is 1.79. The minimum atomic E-state index is 0.481. The number of aromatic nitrogens is 2. The van der Waals surface area contributed by atoms with E-state index in [0.29, 0.717) is 5.88 Å². The van der Waals surface area contributed by atoms with Crippen LogP contribution in [0, 0.1) is 6.92 Å². The lowest BCUT2D eigenvalue weighted by Gasteiger charge is -2.19. The molecule has 0 radical (unpaired) electrons. The second-order valence-electron chi connectivity index (χ2n) is 3.84. The van der Waals surface area contributed by atoms with E-state index in [1.54, 1.807) is 17.5 Å². The van der Waals surface area contributed by atoms with E-state index in [9.17, 15) is 0 Å². The zero-order chi connectivity index (χ0) is 12.3. The van der Waals surface area contributed by atoms with Crippen molar-refractivity contribution in [1.82, 2.24) is 9.97 Å². The molecule has 2 heterocycles. The van der Waals surface area contributed by atoms with E-state index in [1.165, 1.54) is 4.88 Å². The Morgan fingerprint density at radius 3 is 2.88 bits per heavy atom. The number of alkyl halides is 1. The van der Waals surface area contributed by atoms with Crippen LogP contribution in [0.2, 0.25) is 0 Å². The molecule has 0 N–H and O–H groups in total. The molecule has 0 aliphatic carbocycles. The first-order valence-electron chi connectivity index (χ1n) is 5.32. The van der Waals surface area contributed by atoms with Crippen molar-refractivity contribution in [3.8, 4) is 0 Å². The van der Waals surface area contributed by atoms with Gasteiger partial charge in [0.2, 0.25) is 0 Å². The number of nitrogens with zero attached hydrogens (tertiary/aromatic N) is 3. The van der Waals surface area contributed by atoms with Gasteiger partial charge in [0, 0.05) is 23.7 Å². The van der Waals surface area contributed by atoms with Crippen LogP contribution in [0.25, 0.3) is 0 Å². The minimum Gasteiger partial charge on any atom is -0.354 e. The van der Waals surface area contributed by atoms with Crippen LogP contribution >= 0.6 is 22.9 Å². The predicted molar refractivity (Wildman–Crippen MR) is 72.8 cm³/mol. The number of halogens is 1. The maximum Gasteiger partial charge on any atom is 0.132 e. The Hall–Kier alpha value is -1.13. The fourth-order valence-corrected chi connectivity index (χ4v) is 2.68. The van der Waals surface area contributed by atoms with Gasteiger partial charge in [0.15, 0.2) is 0 Å². The number of hydrogen-bond donors (Lipinski definition) is 0. The van der Waals surface area contributed by atoms with Gasteiger partial charge in [-0.3, -0.25) is 0 Å². The molecule has 90 valence electrons. The second kappa shape index (κ2) is 5.47. The maximum absolute atomic E-state index is 5.91. The third-order valence-electron chi connectivity index (χ3n) is 2.60. The molecule has 2 rings (SSSR count). The second-order valence-corrected chi connectivity index (χ2v) is 5.04. The van der Waals surface area contributed by atoms with Crippen molar-refractivity contribution in [3.05, 3.63) is 40.0 Å². The SMILES string of the molecule is Cc1ncsc1CN(C)c1ncccc1CCl. The molecule has 2 aromatic heterocycles. The monoisotopic (exact) mass is 267 g/mol. The number of hydrogen-bond acceptors (Lipinski definition) is 4. The molecule has 0 saturated heterocycles. The number of aryl methyl sites for hydroxylation is 1. The number of anilines is 1. The normalized spacial score (nSPS) is 10.5. The van der Waals surface area contributed by atoms with Gasteiger partial charge in [-0.25, -0.2) is 9.97 Å². The quantitative estimate of drug-likeness (QED) is 0.797. The van der Waals surface area contributed by atoms with E-state index >= 15 is 0 Å². The number of thiazole rings is 1. The fraction of sp³-hybridized carbons (Fsp3) is 0.333. The summed E-state index contributed by atoms with van der Waals surface area (Å²) in [7, 11) is 2.03. The lowest BCUT2D eigenvalue weighted by atomic mass is 10.2. The van der Waals surface area contributed by atoms with Gasteiger partial charge in [-0.2, -0.15) is 0 Å². The standard InChI is InChI=1S/C12H14ClN3S/c1-9-11(17-8-15-9)7-16(2)12-10(6-13)4-3-5-14-12/h3-5,8H,6-7H2,1-2H3. The van der Waals surface area contributed by atoms with Crippen LogP contribution < -0.4 is 4.90 Å². The summed E-state index contributed by atoms with van der Waals surface area (Å²) in [6.45, 7) is 2.85. The predicted octanol–water partition coefficient (Wildman–Crippen LogP) is 3.22. The summed E-state index contributed by atoms with van der Waals surface area (Å²) in [6, 6.07) is 3.92. The van der Waals surface area contributed by atoms with Crippen LogP contribution in [0.4, 0.5) is 5.82 Å². The van der Waals surface area contributed by atoms with E-state index < -0.39 is 0 Å². The average Bonchev–Trinajstić information content (AvgIpc) is 2.75. The van der Waals surface area contributed by atoms with Gasteiger partial charge in [0.05, 0.1) is 23.6 Å². The minimum absolute atomic E-state index is 0.481. The Kier molecular flexibility index (Phi) is 3.97. The maximum atomic E-state index is 5.91. The van der Waals surface area contributed by atoms with Gasteiger partial charge in [-0.15, -0.1) is 22.9 Å². The molecule has 0 aliphatic rings. The summed E-state index contributed by atoms with van der Waals surface area (Å²) in [5, 5.41) is 0. The van der Waals surface area contributed by atoms with E-state index in [1.807, 2.05) is 31.6 Å². The van der Waals surface area contributed by atoms with Crippen molar-refractivity contribution in [3.63, 3.8) is 0 Å². The highest BCUT2D eigenvalue weighted by molar-refractivity contribution is 7.09. The number of pyridine rings is 1. The Morgan fingerprint density at radius 1 is 1.41 bits per heavy atom. The van der Waals surface area contributed by atoms with E-state index in [2.05, 4.69) is 14.9 Å². The Labute approximate surface area is 110 Å². The summed E-state index contributed by atoms with van der Waals surface area (Å²) in [5.74, 6) is 1.42. The molecule has 17 heavy (non-hydrogen) atoms. The zero-order valence-corrected chi connectivity index (χ0v) is 11.4. The van der Waals surface area contributed by atoms with E-state index in [-0.39, 0.29) is 0 Å². The van der Waals surface area contributed by atoms with Crippen molar-refractivity contribution in [1.29, 1.82) is 0 Å². The van der Waals surface area contributed by atoms with Gasteiger partial charge in [-0.05, 0) is 13.0 Å². The first kappa shape index (κ1) is 12.3. The van der Waals surface area contributed by atoms with Gasteiger partial charge in [0.25, 0.3) is 0 Å². The molecular weight excluding hydrogens is 254 g/mol. The van der Waals surface area contributed by atoms with Crippen molar-refractivity contribution in [2.24, 2.45) is 0 Å². The highest BCUT2D eigenvalue weighted by Gasteiger charge is 2.10. The fourth-order valence-electron chi connectivity index (χ4n) is 1.65. The summed E-state index contributed by atoms with van der Waals surface area (Å²) in [4.78, 5) is 12.0.